The number of halogens is 2. The standard InChI is InChI=1S/C10H9ClINO2/c11-7-3-4-13-10-6(7)1-2-8(10)15-9(14)5-12/h3-4,8H,1-2,5H2. The lowest BCUT2D eigenvalue weighted by Gasteiger charge is -2.11. The molecule has 1 aliphatic carbocycles. The summed E-state index contributed by atoms with van der Waals surface area (Å²) in [5.74, 6) is -0.199. The normalized spacial score (nSPS) is 18.7. The van der Waals surface area contributed by atoms with Crippen LogP contribution in [0, 0.1) is 0 Å². The van der Waals surface area contributed by atoms with Crippen LogP contribution in [-0.4, -0.2) is 15.4 Å². The maximum atomic E-state index is 11.2. The molecule has 1 aromatic rings. The van der Waals surface area contributed by atoms with Gasteiger partial charge in [-0.1, -0.05) is 34.2 Å². The van der Waals surface area contributed by atoms with Crippen LogP contribution in [0.15, 0.2) is 12.3 Å². The molecule has 3 nitrogen and oxygen atoms in total. The smallest absolute Gasteiger partial charge is 0.316 e. The minimum atomic E-state index is -0.207. The molecule has 0 N–H and O–H groups in total. The number of ether oxygens (including phenoxy) is 1. The van der Waals surface area contributed by atoms with Crippen LogP contribution < -0.4 is 0 Å². The first kappa shape index (κ1) is 11.1. The SMILES string of the molecule is O=C(CI)OC1CCc2c(Cl)ccnc21. The van der Waals surface area contributed by atoms with Crippen LogP contribution in [0.1, 0.15) is 23.8 Å². The van der Waals surface area contributed by atoms with Crippen LogP contribution in [0.4, 0.5) is 0 Å². The summed E-state index contributed by atoms with van der Waals surface area (Å²) in [7, 11) is 0. The second-order valence-corrected chi connectivity index (χ2v) is 4.48. The molecule has 5 heteroatoms. The van der Waals surface area contributed by atoms with Crippen molar-refractivity contribution < 1.29 is 9.53 Å². The van der Waals surface area contributed by atoms with Crippen molar-refractivity contribution in [1.29, 1.82) is 0 Å². The van der Waals surface area contributed by atoms with E-state index in [1.165, 1.54) is 0 Å². The van der Waals surface area contributed by atoms with E-state index in [2.05, 4.69) is 4.98 Å². The van der Waals surface area contributed by atoms with Crippen LogP contribution >= 0.6 is 34.2 Å². The summed E-state index contributed by atoms with van der Waals surface area (Å²) in [5, 5.41) is 0.716. The van der Waals surface area contributed by atoms with Crippen molar-refractivity contribution >= 4 is 40.2 Å². The monoisotopic (exact) mass is 337 g/mol. The Balaban J connectivity index is 2.21. The summed E-state index contributed by atoms with van der Waals surface area (Å²) in [6, 6.07) is 1.77. The van der Waals surface area contributed by atoms with Crippen molar-refractivity contribution in [2.75, 3.05) is 4.43 Å². The molecule has 0 aromatic carbocycles. The topological polar surface area (TPSA) is 39.2 Å². The first-order valence-electron chi connectivity index (χ1n) is 4.61. The highest BCUT2D eigenvalue weighted by Crippen LogP contribution is 2.36. The number of pyridine rings is 1. The van der Waals surface area contributed by atoms with Gasteiger partial charge in [0.15, 0.2) is 0 Å². The lowest BCUT2D eigenvalue weighted by Crippen LogP contribution is -2.10. The summed E-state index contributed by atoms with van der Waals surface area (Å²) >= 11 is 8.01. The molecule has 0 amide bonds. The van der Waals surface area contributed by atoms with E-state index in [-0.39, 0.29) is 12.1 Å². The van der Waals surface area contributed by atoms with E-state index in [0.717, 1.165) is 24.1 Å². The van der Waals surface area contributed by atoms with Crippen molar-refractivity contribution in [1.82, 2.24) is 4.98 Å². The molecule has 15 heavy (non-hydrogen) atoms. The van der Waals surface area contributed by atoms with Gasteiger partial charge in [-0.3, -0.25) is 9.78 Å². The number of carbonyl (C=O) groups excluding carboxylic acids is 1. The van der Waals surface area contributed by atoms with E-state index in [4.69, 9.17) is 16.3 Å². The third kappa shape index (κ3) is 2.25. The van der Waals surface area contributed by atoms with Crippen molar-refractivity contribution in [3.63, 3.8) is 0 Å². The fourth-order valence-electron chi connectivity index (χ4n) is 1.73. The summed E-state index contributed by atoms with van der Waals surface area (Å²) in [6.45, 7) is 0. The molecule has 0 spiro atoms. The lowest BCUT2D eigenvalue weighted by atomic mass is 10.2. The number of aromatic nitrogens is 1. The molecule has 0 aliphatic heterocycles. The lowest BCUT2D eigenvalue weighted by molar-refractivity contribution is -0.145. The van der Waals surface area contributed by atoms with Gasteiger partial charge in [-0.25, -0.2) is 0 Å². The number of fused-ring (bicyclic) bond motifs is 1. The Morgan fingerprint density at radius 2 is 2.53 bits per heavy atom. The first-order chi connectivity index (χ1) is 7.22. The van der Waals surface area contributed by atoms with Gasteiger partial charge in [-0.2, -0.15) is 0 Å². The molecule has 0 fully saturated rings. The molecule has 1 aromatic heterocycles. The third-order valence-corrected chi connectivity index (χ3v) is 3.35. The largest absolute Gasteiger partial charge is 0.455 e. The number of hydrogen-bond donors (Lipinski definition) is 0. The zero-order valence-electron chi connectivity index (χ0n) is 7.87. The van der Waals surface area contributed by atoms with E-state index in [1.54, 1.807) is 12.3 Å². The van der Waals surface area contributed by atoms with Crippen LogP contribution in [0.25, 0.3) is 0 Å². The van der Waals surface area contributed by atoms with Crippen LogP contribution in [0.5, 0.6) is 0 Å². The predicted octanol–water partition coefficient (Wildman–Crippen LogP) is 2.70. The number of hydrogen-bond acceptors (Lipinski definition) is 3. The molecular formula is C10H9ClINO2. The average Bonchev–Trinajstić information content (AvgIpc) is 2.63. The second kappa shape index (κ2) is 4.65. The van der Waals surface area contributed by atoms with E-state index in [1.807, 2.05) is 22.6 Å². The van der Waals surface area contributed by atoms with Crippen LogP contribution in [0.3, 0.4) is 0 Å². The summed E-state index contributed by atoms with van der Waals surface area (Å²) in [5.41, 5.74) is 1.84. The van der Waals surface area contributed by atoms with E-state index in [9.17, 15) is 4.79 Å². The Morgan fingerprint density at radius 1 is 1.73 bits per heavy atom. The first-order valence-corrected chi connectivity index (χ1v) is 6.51. The molecule has 0 saturated carbocycles. The quantitative estimate of drug-likeness (QED) is 0.473. The highest BCUT2D eigenvalue weighted by molar-refractivity contribution is 14.1. The predicted molar refractivity (Wildman–Crippen MR) is 65.3 cm³/mol. The van der Waals surface area contributed by atoms with Crippen molar-refractivity contribution in [2.24, 2.45) is 0 Å². The zero-order chi connectivity index (χ0) is 10.8. The second-order valence-electron chi connectivity index (χ2n) is 3.31. The van der Waals surface area contributed by atoms with E-state index >= 15 is 0 Å². The Kier molecular flexibility index (Phi) is 3.45. The Labute approximate surface area is 106 Å². The van der Waals surface area contributed by atoms with Gasteiger partial charge in [0, 0.05) is 11.2 Å². The van der Waals surface area contributed by atoms with Crippen LogP contribution in [0.2, 0.25) is 5.02 Å². The molecule has 1 heterocycles. The molecule has 1 aliphatic rings. The Hall–Kier alpha value is -0.360. The fraction of sp³-hybridized carbons (Fsp3) is 0.400. The Bertz CT molecular complexity index is 397. The fourth-order valence-corrected chi connectivity index (χ4v) is 2.15. The molecule has 80 valence electrons. The van der Waals surface area contributed by atoms with Crippen molar-refractivity contribution in [3.8, 4) is 0 Å². The maximum Gasteiger partial charge on any atom is 0.316 e. The number of nitrogens with zero attached hydrogens (tertiary/aromatic N) is 1. The summed E-state index contributed by atoms with van der Waals surface area (Å²) in [4.78, 5) is 15.4. The molecule has 0 saturated heterocycles. The highest BCUT2D eigenvalue weighted by Gasteiger charge is 2.28. The van der Waals surface area contributed by atoms with E-state index in [0.29, 0.717) is 9.45 Å². The maximum absolute atomic E-state index is 11.2. The molecule has 1 atom stereocenters. The van der Waals surface area contributed by atoms with Crippen molar-refractivity contribution in [3.05, 3.63) is 28.5 Å². The average molecular weight is 338 g/mol. The zero-order valence-corrected chi connectivity index (χ0v) is 10.8. The number of rotatable bonds is 2. The van der Waals surface area contributed by atoms with E-state index < -0.39 is 0 Å². The molecular weight excluding hydrogens is 328 g/mol. The molecule has 1 unspecified atom stereocenters. The summed E-state index contributed by atoms with van der Waals surface area (Å²) in [6.07, 6.45) is 3.06. The van der Waals surface area contributed by atoms with Gasteiger partial charge < -0.3 is 4.74 Å². The number of carbonyl (C=O) groups is 1. The van der Waals surface area contributed by atoms with Gasteiger partial charge in [0.05, 0.1) is 10.1 Å². The van der Waals surface area contributed by atoms with Crippen molar-refractivity contribution in [2.45, 2.75) is 18.9 Å². The van der Waals surface area contributed by atoms with Gasteiger partial charge in [0.1, 0.15) is 6.10 Å². The minimum absolute atomic E-state index is 0.199. The van der Waals surface area contributed by atoms with Gasteiger partial charge in [0.25, 0.3) is 0 Å². The number of esters is 1. The number of alkyl halides is 1. The molecule has 2 rings (SSSR count). The van der Waals surface area contributed by atoms with Gasteiger partial charge in [-0.15, -0.1) is 0 Å². The van der Waals surface area contributed by atoms with Gasteiger partial charge in [0.2, 0.25) is 0 Å². The highest BCUT2D eigenvalue weighted by atomic mass is 127. The minimum Gasteiger partial charge on any atom is -0.455 e. The van der Waals surface area contributed by atoms with Gasteiger partial charge in [-0.05, 0) is 24.5 Å². The summed E-state index contributed by atoms with van der Waals surface area (Å²) < 4.78 is 5.64. The van der Waals surface area contributed by atoms with Crippen LogP contribution in [-0.2, 0) is 16.0 Å². The third-order valence-electron chi connectivity index (χ3n) is 2.38. The molecule has 0 radical (unpaired) electrons. The Morgan fingerprint density at radius 3 is 3.27 bits per heavy atom. The van der Waals surface area contributed by atoms with Gasteiger partial charge >= 0.3 is 5.97 Å². The molecule has 0 bridgehead atoms.